The molecule has 6 rings (SSSR count). The molecule has 0 N–H and O–H groups in total. The van der Waals surface area contributed by atoms with E-state index in [0.717, 1.165) is 34.6 Å². The maximum absolute atomic E-state index is 3.92. The van der Waals surface area contributed by atoms with Crippen LogP contribution in [0.3, 0.4) is 0 Å². The van der Waals surface area contributed by atoms with E-state index in [-0.39, 0.29) is 5.41 Å². The van der Waals surface area contributed by atoms with Crippen molar-refractivity contribution in [3.05, 3.63) is 188 Å². The minimum Gasteiger partial charge on any atom is -0.311 e. The average molecular weight is 568 g/mol. The highest BCUT2D eigenvalue weighted by Gasteiger charge is 2.25. The minimum absolute atomic E-state index is 0.0402. The first kappa shape index (κ1) is 28.7. The minimum atomic E-state index is -0.0402. The van der Waals surface area contributed by atoms with E-state index in [1.807, 2.05) is 18.2 Å². The van der Waals surface area contributed by atoms with Crippen molar-refractivity contribution in [3.63, 3.8) is 0 Å². The van der Waals surface area contributed by atoms with Gasteiger partial charge in [-0.05, 0) is 87.3 Å². The van der Waals surface area contributed by atoms with E-state index in [0.29, 0.717) is 0 Å². The number of nitrogens with zero attached hydrogens (tertiary/aromatic N) is 1. The number of benzene rings is 5. The molecule has 0 bridgehead atoms. The second-order valence-electron chi connectivity index (χ2n) is 11.5. The van der Waals surface area contributed by atoms with Crippen LogP contribution >= 0.6 is 0 Å². The summed E-state index contributed by atoms with van der Waals surface area (Å²) in [6.07, 6.45) is 13.4. The van der Waals surface area contributed by atoms with Crippen molar-refractivity contribution in [2.24, 2.45) is 0 Å². The van der Waals surface area contributed by atoms with Crippen LogP contribution < -0.4 is 4.90 Å². The lowest BCUT2D eigenvalue weighted by molar-refractivity contribution is 0.598. The van der Waals surface area contributed by atoms with Crippen LogP contribution in [0.5, 0.6) is 0 Å². The van der Waals surface area contributed by atoms with Crippen molar-refractivity contribution in [3.8, 4) is 22.3 Å². The molecule has 0 amide bonds. The molecule has 0 saturated heterocycles. The van der Waals surface area contributed by atoms with Crippen LogP contribution in [0.4, 0.5) is 17.1 Å². The Balaban J connectivity index is 1.35. The zero-order valence-electron chi connectivity index (χ0n) is 25.3. The van der Waals surface area contributed by atoms with Crippen molar-refractivity contribution < 1.29 is 0 Å². The third-order valence-corrected chi connectivity index (χ3v) is 8.64. The summed E-state index contributed by atoms with van der Waals surface area (Å²) >= 11 is 0. The Kier molecular flexibility index (Phi) is 8.12. The molecule has 0 spiro atoms. The monoisotopic (exact) mass is 567 g/mol. The Labute approximate surface area is 262 Å². The molecule has 5 aromatic rings. The van der Waals surface area contributed by atoms with Gasteiger partial charge >= 0.3 is 0 Å². The fraction of sp³-hybridized carbons (Fsp3) is 0.0698. The number of rotatable bonds is 9. The predicted molar refractivity (Wildman–Crippen MR) is 192 cm³/mol. The lowest BCUT2D eigenvalue weighted by atomic mass is 9.76. The molecule has 0 saturated carbocycles. The van der Waals surface area contributed by atoms with E-state index < -0.39 is 0 Å². The lowest BCUT2D eigenvalue weighted by Crippen LogP contribution is -2.20. The van der Waals surface area contributed by atoms with Crippen LogP contribution in [-0.2, 0) is 5.41 Å². The summed E-state index contributed by atoms with van der Waals surface area (Å²) in [6.45, 7) is 14.0. The van der Waals surface area contributed by atoms with Crippen LogP contribution in [0.15, 0.2) is 171 Å². The van der Waals surface area contributed by atoms with Gasteiger partial charge < -0.3 is 4.90 Å². The average Bonchev–Trinajstić information content (AvgIpc) is 3.10. The van der Waals surface area contributed by atoms with Gasteiger partial charge in [-0.25, -0.2) is 0 Å². The molecular formula is C43H37N. The summed E-state index contributed by atoms with van der Waals surface area (Å²) in [7, 11) is 0. The van der Waals surface area contributed by atoms with Crippen LogP contribution in [-0.4, -0.2) is 0 Å². The van der Waals surface area contributed by atoms with Crippen molar-refractivity contribution >= 4 is 29.2 Å². The van der Waals surface area contributed by atoms with E-state index in [1.165, 1.54) is 33.4 Å². The van der Waals surface area contributed by atoms with Crippen molar-refractivity contribution in [1.82, 2.24) is 0 Å². The highest BCUT2D eigenvalue weighted by atomic mass is 15.1. The first-order valence-corrected chi connectivity index (χ1v) is 15.1. The van der Waals surface area contributed by atoms with Crippen molar-refractivity contribution in [2.75, 3.05) is 4.90 Å². The first-order chi connectivity index (χ1) is 21.5. The third kappa shape index (κ3) is 5.91. The van der Waals surface area contributed by atoms with Gasteiger partial charge in [-0.1, -0.05) is 148 Å². The molecular weight excluding hydrogens is 530 g/mol. The smallest absolute Gasteiger partial charge is 0.0462 e. The molecule has 1 aliphatic rings. The SMILES string of the molecule is C=CC1=CCC(C)(c2ccc(N(c3ccc(-c4ccc(C=C)cc4)cc3)c3ccc(-c4ccc(C=C)cc4)cc3)cc2)C=C1. The van der Waals surface area contributed by atoms with Gasteiger partial charge in [-0.3, -0.25) is 0 Å². The van der Waals surface area contributed by atoms with E-state index in [4.69, 9.17) is 0 Å². The molecule has 1 atom stereocenters. The van der Waals surface area contributed by atoms with Gasteiger partial charge in [0.15, 0.2) is 0 Å². The lowest BCUT2D eigenvalue weighted by Gasteiger charge is -2.30. The first-order valence-electron chi connectivity index (χ1n) is 15.1. The molecule has 1 heteroatoms. The molecule has 1 unspecified atom stereocenters. The summed E-state index contributed by atoms with van der Waals surface area (Å²) in [5, 5.41) is 0. The third-order valence-electron chi connectivity index (χ3n) is 8.64. The van der Waals surface area contributed by atoms with Crippen molar-refractivity contribution in [2.45, 2.75) is 18.8 Å². The largest absolute Gasteiger partial charge is 0.311 e. The summed E-state index contributed by atoms with van der Waals surface area (Å²) in [5.41, 5.74) is 12.8. The van der Waals surface area contributed by atoms with Gasteiger partial charge in [-0.15, -0.1) is 0 Å². The number of allylic oxidation sites excluding steroid dienone is 5. The maximum Gasteiger partial charge on any atom is 0.0462 e. The quantitative estimate of drug-likeness (QED) is 0.171. The van der Waals surface area contributed by atoms with Gasteiger partial charge in [-0.2, -0.15) is 0 Å². The Morgan fingerprint density at radius 3 is 1.25 bits per heavy atom. The van der Waals surface area contributed by atoms with Crippen LogP contribution in [0, 0.1) is 0 Å². The van der Waals surface area contributed by atoms with E-state index in [9.17, 15) is 0 Å². The summed E-state index contributed by atoms with van der Waals surface area (Å²) in [5.74, 6) is 0. The highest BCUT2D eigenvalue weighted by molar-refractivity contribution is 5.80. The summed E-state index contributed by atoms with van der Waals surface area (Å²) in [4.78, 5) is 2.33. The molecule has 0 radical (unpaired) electrons. The molecule has 0 aromatic heterocycles. The molecule has 5 aromatic carbocycles. The van der Waals surface area contributed by atoms with Crippen LogP contribution in [0.25, 0.3) is 34.4 Å². The second kappa shape index (κ2) is 12.5. The standard InChI is InChI=1S/C43H37N/c1-5-32-8-12-35(13-9-32)37-16-22-40(23-17-37)44(41-24-18-38(19-25-41)36-14-10-33(6-2)11-15-36)42-26-20-39(21-27-42)43(4)30-28-34(7-3)29-31-43/h5-30H,1-3,31H2,4H3. The number of anilines is 3. The number of hydrogen-bond donors (Lipinski definition) is 0. The number of hydrogen-bond acceptors (Lipinski definition) is 1. The summed E-state index contributed by atoms with van der Waals surface area (Å²) < 4.78 is 0. The van der Waals surface area contributed by atoms with Crippen molar-refractivity contribution in [1.29, 1.82) is 0 Å². The zero-order chi connectivity index (χ0) is 30.5. The van der Waals surface area contributed by atoms with E-state index >= 15 is 0 Å². The molecule has 0 heterocycles. The Hall–Kier alpha value is -5.40. The normalized spacial score (nSPS) is 15.7. The molecule has 0 fully saturated rings. The summed E-state index contributed by atoms with van der Waals surface area (Å²) in [6, 6.07) is 43.7. The topological polar surface area (TPSA) is 3.24 Å². The Morgan fingerprint density at radius 2 is 0.909 bits per heavy atom. The van der Waals surface area contributed by atoms with Crippen LogP contribution in [0.1, 0.15) is 30.0 Å². The van der Waals surface area contributed by atoms with E-state index in [2.05, 4.69) is 171 Å². The zero-order valence-corrected chi connectivity index (χ0v) is 25.3. The predicted octanol–water partition coefficient (Wildman–Crippen LogP) is 12.1. The van der Waals surface area contributed by atoms with Crippen LogP contribution in [0.2, 0.25) is 0 Å². The van der Waals surface area contributed by atoms with Gasteiger partial charge in [0, 0.05) is 22.5 Å². The Bertz CT molecular complexity index is 1740. The molecule has 214 valence electrons. The maximum atomic E-state index is 3.92. The molecule has 44 heavy (non-hydrogen) atoms. The second-order valence-corrected chi connectivity index (χ2v) is 11.5. The molecule has 0 aliphatic heterocycles. The van der Waals surface area contributed by atoms with Gasteiger partial charge in [0.1, 0.15) is 0 Å². The fourth-order valence-corrected chi connectivity index (χ4v) is 5.78. The van der Waals surface area contributed by atoms with Gasteiger partial charge in [0.25, 0.3) is 0 Å². The highest BCUT2D eigenvalue weighted by Crippen LogP contribution is 2.39. The Morgan fingerprint density at radius 1 is 0.523 bits per heavy atom. The molecule has 1 aliphatic carbocycles. The van der Waals surface area contributed by atoms with Gasteiger partial charge in [0.05, 0.1) is 0 Å². The molecule has 1 nitrogen and oxygen atoms in total. The van der Waals surface area contributed by atoms with E-state index in [1.54, 1.807) is 0 Å². The fourth-order valence-electron chi connectivity index (χ4n) is 5.78. The van der Waals surface area contributed by atoms with Gasteiger partial charge in [0.2, 0.25) is 0 Å².